The molecule has 0 amide bonds. The quantitative estimate of drug-likeness (QED) is 0.790. The highest BCUT2D eigenvalue weighted by Crippen LogP contribution is 2.15. The highest BCUT2D eigenvalue weighted by molar-refractivity contribution is 5.50. The molecular formula is C15H23N. The Hall–Kier alpha value is -1.08. The normalized spacial score (nSPS) is 11.9. The molecule has 0 aromatic heterocycles. The molecule has 1 heteroatoms. The second kappa shape index (κ2) is 6.49. The summed E-state index contributed by atoms with van der Waals surface area (Å²) in [7, 11) is 0. The van der Waals surface area contributed by atoms with E-state index < -0.39 is 0 Å². The second-order valence-corrected chi connectivity index (χ2v) is 4.79. The van der Waals surface area contributed by atoms with Gasteiger partial charge in [0.15, 0.2) is 0 Å². The molecule has 0 heterocycles. The van der Waals surface area contributed by atoms with Gasteiger partial charge in [0.05, 0.1) is 0 Å². The van der Waals surface area contributed by atoms with E-state index >= 15 is 0 Å². The molecule has 1 nitrogen and oxygen atoms in total. The Balaban J connectivity index is 2.48. The predicted octanol–water partition coefficient (Wildman–Crippen LogP) is 3.82. The summed E-state index contributed by atoms with van der Waals surface area (Å²) < 4.78 is 0. The average Bonchev–Trinajstić information content (AvgIpc) is 2.25. The molecule has 0 saturated heterocycles. The molecule has 1 aromatic carbocycles. The van der Waals surface area contributed by atoms with Gasteiger partial charge in [0, 0.05) is 12.6 Å². The summed E-state index contributed by atoms with van der Waals surface area (Å²) in [5.74, 6) is 0.612. The molecule has 0 fully saturated rings. The molecule has 1 N–H and O–H groups in total. The van der Waals surface area contributed by atoms with Gasteiger partial charge < -0.3 is 5.32 Å². The lowest BCUT2D eigenvalue weighted by atomic mass is 10.0. The summed E-state index contributed by atoms with van der Waals surface area (Å²) in [6.45, 7) is 9.69. The fourth-order valence-corrected chi connectivity index (χ4v) is 1.49. The van der Waals surface area contributed by atoms with Crippen molar-refractivity contribution in [3.63, 3.8) is 0 Å². The largest absolute Gasteiger partial charge is 0.311 e. The van der Waals surface area contributed by atoms with Gasteiger partial charge in [-0.25, -0.2) is 0 Å². The zero-order chi connectivity index (χ0) is 12.0. The molecule has 88 valence electrons. The minimum Gasteiger partial charge on any atom is -0.311 e. The zero-order valence-electron chi connectivity index (χ0n) is 10.8. The lowest BCUT2D eigenvalue weighted by Crippen LogP contribution is -2.22. The zero-order valence-corrected chi connectivity index (χ0v) is 10.8. The van der Waals surface area contributed by atoms with Crippen molar-refractivity contribution >= 4 is 6.08 Å². The predicted molar refractivity (Wildman–Crippen MR) is 72.7 cm³/mol. The number of hydrogen-bond donors (Lipinski definition) is 1. The van der Waals surface area contributed by atoms with Crippen molar-refractivity contribution in [3.8, 4) is 0 Å². The van der Waals surface area contributed by atoms with Crippen LogP contribution in [0.4, 0.5) is 0 Å². The van der Waals surface area contributed by atoms with E-state index in [4.69, 9.17) is 0 Å². The van der Waals surface area contributed by atoms with Gasteiger partial charge in [-0.05, 0) is 17.0 Å². The Morgan fingerprint density at radius 1 is 1.06 bits per heavy atom. The van der Waals surface area contributed by atoms with Crippen LogP contribution >= 0.6 is 0 Å². The standard InChI is InChI=1S/C15H23N/c1-12(2)15-9-7-14(8-10-15)6-5-11-16-13(3)4/h5-10,12-13,16H,11H2,1-4H3. The third-order valence-corrected chi connectivity index (χ3v) is 2.56. The minimum atomic E-state index is 0.549. The van der Waals surface area contributed by atoms with Gasteiger partial charge in [0.1, 0.15) is 0 Å². The number of rotatable bonds is 5. The maximum absolute atomic E-state index is 3.36. The fourth-order valence-electron chi connectivity index (χ4n) is 1.49. The first-order chi connectivity index (χ1) is 7.59. The Bertz CT molecular complexity index is 320. The van der Waals surface area contributed by atoms with Crippen LogP contribution in [-0.4, -0.2) is 12.6 Å². The van der Waals surface area contributed by atoms with Crippen molar-refractivity contribution in [1.29, 1.82) is 0 Å². The van der Waals surface area contributed by atoms with E-state index in [1.165, 1.54) is 11.1 Å². The van der Waals surface area contributed by atoms with E-state index in [0.717, 1.165) is 6.54 Å². The fraction of sp³-hybridized carbons (Fsp3) is 0.467. The van der Waals surface area contributed by atoms with Crippen LogP contribution in [0.5, 0.6) is 0 Å². The first kappa shape index (κ1) is 13.0. The summed E-state index contributed by atoms with van der Waals surface area (Å²) in [5, 5.41) is 3.36. The molecule has 0 atom stereocenters. The van der Waals surface area contributed by atoms with Gasteiger partial charge in [-0.15, -0.1) is 0 Å². The molecule has 1 rings (SSSR count). The first-order valence-corrected chi connectivity index (χ1v) is 6.09. The highest BCUT2D eigenvalue weighted by Gasteiger charge is 1.96. The van der Waals surface area contributed by atoms with Crippen LogP contribution in [0.15, 0.2) is 30.3 Å². The van der Waals surface area contributed by atoms with E-state index in [9.17, 15) is 0 Å². The SMILES string of the molecule is CC(C)NCC=Cc1ccc(C(C)C)cc1. The molecular weight excluding hydrogens is 194 g/mol. The molecule has 0 aliphatic carbocycles. The maximum Gasteiger partial charge on any atom is 0.0140 e. The Morgan fingerprint density at radius 2 is 1.69 bits per heavy atom. The minimum absolute atomic E-state index is 0.549. The molecule has 0 saturated carbocycles. The lowest BCUT2D eigenvalue weighted by Gasteiger charge is -2.05. The maximum atomic E-state index is 3.36. The summed E-state index contributed by atoms with van der Waals surface area (Å²) in [5.41, 5.74) is 2.67. The smallest absolute Gasteiger partial charge is 0.0140 e. The van der Waals surface area contributed by atoms with Crippen LogP contribution in [0, 0.1) is 0 Å². The molecule has 0 aliphatic heterocycles. The van der Waals surface area contributed by atoms with Crippen molar-refractivity contribution in [2.45, 2.75) is 39.7 Å². The van der Waals surface area contributed by atoms with Crippen LogP contribution in [0.1, 0.15) is 44.7 Å². The molecule has 0 unspecified atom stereocenters. The van der Waals surface area contributed by atoms with Crippen LogP contribution in [0.2, 0.25) is 0 Å². The molecule has 0 spiro atoms. The summed E-state index contributed by atoms with van der Waals surface area (Å²) in [4.78, 5) is 0. The number of benzene rings is 1. The molecule has 0 radical (unpaired) electrons. The van der Waals surface area contributed by atoms with Crippen LogP contribution in [0.3, 0.4) is 0 Å². The molecule has 0 aliphatic rings. The first-order valence-electron chi connectivity index (χ1n) is 6.09. The van der Waals surface area contributed by atoms with E-state index in [1.54, 1.807) is 0 Å². The van der Waals surface area contributed by atoms with Gasteiger partial charge in [0.2, 0.25) is 0 Å². The van der Waals surface area contributed by atoms with Crippen molar-refractivity contribution < 1.29 is 0 Å². The van der Waals surface area contributed by atoms with E-state index in [2.05, 4.69) is 69.4 Å². The third-order valence-electron chi connectivity index (χ3n) is 2.56. The topological polar surface area (TPSA) is 12.0 Å². The van der Waals surface area contributed by atoms with Gasteiger partial charge in [-0.3, -0.25) is 0 Å². The molecule has 1 aromatic rings. The average molecular weight is 217 g/mol. The van der Waals surface area contributed by atoms with E-state index in [0.29, 0.717) is 12.0 Å². The molecule has 16 heavy (non-hydrogen) atoms. The second-order valence-electron chi connectivity index (χ2n) is 4.79. The third kappa shape index (κ3) is 4.63. The number of hydrogen-bond acceptors (Lipinski definition) is 1. The Kier molecular flexibility index (Phi) is 5.27. The van der Waals surface area contributed by atoms with Gasteiger partial charge in [0.25, 0.3) is 0 Å². The van der Waals surface area contributed by atoms with E-state index in [-0.39, 0.29) is 0 Å². The van der Waals surface area contributed by atoms with Crippen molar-refractivity contribution in [2.24, 2.45) is 0 Å². The van der Waals surface area contributed by atoms with Crippen molar-refractivity contribution in [1.82, 2.24) is 5.32 Å². The van der Waals surface area contributed by atoms with E-state index in [1.807, 2.05) is 0 Å². The monoisotopic (exact) mass is 217 g/mol. The summed E-state index contributed by atoms with van der Waals surface area (Å²) in [6.07, 6.45) is 4.34. The van der Waals surface area contributed by atoms with Gasteiger partial charge >= 0.3 is 0 Å². The Labute approximate surface area is 99.6 Å². The number of nitrogens with one attached hydrogen (secondary N) is 1. The lowest BCUT2D eigenvalue weighted by molar-refractivity contribution is 0.633. The van der Waals surface area contributed by atoms with Crippen molar-refractivity contribution in [2.75, 3.05) is 6.54 Å². The van der Waals surface area contributed by atoms with Gasteiger partial charge in [-0.2, -0.15) is 0 Å². The summed E-state index contributed by atoms with van der Waals surface area (Å²) in [6, 6.07) is 9.33. The van der Waals surface area contributed by atoms with Crippen LogP contribution in [-0.2, 0) is 0 Å². The summed E-state index contributed by atoms with van der Waals surface area (Å²) >= 11 is 0. The molecule has 0 bridgehead atoms. The van der Waals surface area contributed by atoms with Gasteiger partial charge in [-0.1, -0.05) is 64.1 Å². The van der Waals surface area contributed by atoms with Crippen molar-refractivity contribution in [3.05, 3.63) is 41.5 Å². The highest BCUT2D eigenvalue weighted by atomic mass is 14.9. The van der Waals surface area contributed by atoms with Crippen LogP contribution in [0.25, 0.3) is 6.08 Å². The Morgan fingerprint density at radius 3 is 2.19 bits per heavy atom. The van der Waals surface area contributed by atoms with Crippen LogP contribution < -0.4 is 5.32 Å².